The van der Waals surface area contributed by atoms with Gasteiger partial charge in [0.2, 0.25) is 11.7 Å². The van der Waals surface area contributed by atoms with Crippen LogP contribution in [0.4, 0.5) is 0 Å². The SMILES string of the molecule is CCCCC(CC)CNC(=O)Cn1nnc(-c2ccccc2)n1. The van der Waals surface area contributed by atoms with Crippen LogP contribution in [0.2, 0.25) is 0 Å². The van der Waals surface area contributed by atoms with Crippen LogP contribution < -0.4 is 5.32 Å². The zero-order valence-corrected chi connectivity index (χ0v) is 13.9. The summed E-state index contributed by atoms with van der Waals surface area (Å²) in [5, 5.41) is 15.2. The van der Waals surface area contributed by atoms with Crippen molar-refractivity contribution in [3.63, 3.8) is 0 Å². The fourth-order valence-electron chi connectivity index (χ4n) is 2.40. The molecule has 0 bridgehead atoms. The molecule has 0 aliphatic heterocycles. The molecule has 2 aromatic rings. The van der Waals surface area contributed by atoms with Crippen LogP contribution in [0.15, 0.2) is 30.3 Å². The van der Waals surface area contributed by atoms with E-state index in [4.69, 9.17) is 0 Å². The van der Waals surface area contributed by atoms with E-state index in [0.29, 0.717) is 11.7 Å². The van der Waals surface area contributed by atoms with Gasteiger partial charge in [-0.05, 0) is 17.6 Å². The van der Waals surface area contributed by atoms with Crippen LogP contribution in [0.1, 0.15) is 39.5 Å². The summed E-state index contributed by atoms with van der Waals surface area (Å²) in [6.07, 6.45) is 4.64. The Labute approximate surface area is 137 Å². The highest BCUT2D eigenvalue weighted by Crippen LogP contribution is 2.12. The highest BCUT2D eigenvalue weighted by molar-refractivity contribution is 5.75. The van der Waals surface area contributed by atoms with Crippen LogP contribution in [0, 0.1) is 5.92 Å². The fraction of sp³-hybridized carbons (Fsp3) is 0.529. The Hall–Kier alpha value is -2.24. The normalized spacial score (nSPS) is 12.1. The monoisotopic (exact) mass is 315 g/mol. The number of carbonyl (C=O) groups is 1. The first-order valence-electron chi connectivity index (χ1n) is 8.32. The van der Waals surface area contributed by atoms with Gasteiger partial charge in [0.05, 0.1) is 0 Å². The van der Waals surface area contributed by atoms with E-state index in [2.05, 4.69) is 34.6 Å². The lowest BCUT2D eigenvalue weighted by atomic mass is 9.99. The number of nitrogens with one attached hydrogen (secondary N) is 1. The van der Waals surface area contributed by atoms with E-state index >= 15 is 0 Å². The molecule has 2 rings (SSSR count). The Morgan fingerprint density at radius 2 is 2.04 bits per heavy atom. The van der Waals surface area contributed by atoms with E-state index in [1.165, 1.54) is 17.6 Å². The first kappa shape index (κ1) is 17.1. The molecule has 0 spiro atoms. The second kappa shape index (κ2) is 9.02. The van der Waals surface area contributed by atoms with Gasteiger partial charge in [-0.25, -0.2) is 0 Å². The number of benzene rings is 1. The minimum Gasteiger partial charge on any atom is -0.354 e. The lowest BCUT2D eigenvalue weighted by Crippen LogP contribution is -2.32. The molecule has 1 aromatic carbocycles. The summed E-state index contributed by atoms with van der Waals surface area (Å²) in [6.45, 7) is 5.17. The summed E-state index contributed by atoms with van der Waals surface area (Å²) in [5.41, 5.74) is 0.893. The Morgan fingerprint density at radius 1 is 1.26 bits per heavy atom. The summed E-state index contributed by atoms with van der Waals surface area (Å²) < 4.78 is 0. The summed E-state index contributed by atoms with van der Waals surface area (Å²) in [6, 6.07) is 9.61. The topological polar surface area (TPSA) is 72.7 Å². The lowest BCUT2D eigenvalue weighted by Gasteiger charge is -2.14. The number of hydrogen-bond donors (Lipinski definition) is 1. The van der Waals surface area contributed by atoms with Crippen molar-refractivity contribution in [2.24, 2.45) is 5.92 Å². The van der Waals surface area contributed by atoms with Gasteiger partial charge in [0.15, 0.2) is 0 Å². The van der Waals surface area contributed by atoms with Crippen LogP contribution >= 0.6 is 0 Å². The number of aromatic nitrogens is 4. The third-order valence-corrected chi connectivity index (χ3v) is 3.90. The molecule has 1 atom stereocenters. The van der Waals surface area contributed by atoms with Crippen LogP contribution in [-0.4, -0.2) is 32.7 Å². The molecule has 0 aliphatic rings. The maximum absolute atomic E-state index is 12.0. The van der Waals surface area contributed by atoms with Crippen LogP contribution in [0.25, 0.3) is 11.4 Å². The van der Waals surface area contributed by atoms with Crippen LogP contribution in [0.3, 0.4) is 0 Å². The fourth-order valence-corrected chi connectivity index (χ4v) is 2.40. The average Bonchev–Trinajstić information content (AvgIpc) is 3.04. The maximum atomic E-state index is 12.0. The quantitative estimate of drug-likeness (QED) is 0.772. The molecule has 0 radical (unpaired) electrons. The number of unbranched alkanes of at least 4 members (excludes halogenated alkanes) is 1. The summed E-state index contributed by atoms with van der Waals surface area (Å²) >= 11 is 0. The highest BCUT2D eigenvalue weighted by Gasteiger charge is 2.11. The first-order valence-corrected chi connectivity index (χ1v) is 8.32. The Balaban J connectivity index is 1.83. The van der Waals surface area contributed by atoms with Gasteiger partial charge in [0.1, 0.15) is 6.54 Å². The van der Waals surface area contributed by atoms with Gasteiger partial charge < -0.3 is 5.32 Å². The molecule has 0 saturated carbocycles. The van der Waals surface area contributed by atoms with Gasteiger partial charge in [-0.2, -0.15) is 4.80 Å². The van der Waals surface area contributed by atoms with E-state index in [1.54, 1.807) is 0 Å². The molecule has 0 fully saturated rings. The summed E-state index contributed by atoms with van der Waals surface area (Å²) in [4.78, 5) is 13.4. The minimum absolute atomic E-state index is 0.0723. The van der Waals surface area contributed by atoms with Gasteiger partial charge in [0, 0.05) is 12.1 Å². The molecule has 1 unspecified atom stereocenters. The third-order valence-electron chi connectivity index (χ3n) is 3.90. The molecule has 124 valence electrons. The molecule has 1 aromatic heterocycles. The molecule has 0 aliphatic carbocycles. The molecule has 6 nitrogen and oxygen atoms in total. The summed E-state index contributed by atoms with van der Waals surface area (Å²) in [7, 11) is 0. The number of amides is 1. The second-order valence-corrected chi connectivity index (χ2v) is 5.73. The molecule has 1 amide bonds. The Bertz CT molecular complexity index is 596. The number of carbonyl (C=O) groups excluding carboxylic acids is 1. The zero-order valence-electron chi connectivity index (χ0n) is 13.9. The molecule has 6 heteroatoms. The van der Waals surface area contributed by atoms with E-state index in [1.807, 2.05) is 30.3 Å². The molecule has 23 heavy (non-hydrogen) atoms. The zero-order chi connectivity index (χ0) is 16.5. The number of nitrogens with zero attached hydrogens (tertiary/aromatic N) is 4. The lowest BCUT2D eigenvalue weighted by molar-refractivity contribution is -0.122. The van der Waals surface area contributed by atoms with Crippen molar-refractivity contribution in [3.05, 3.63) is 30.3 Å². The average molecular weight is 315 g/mol. The van der Waals surface area contributed by atoms with Crippen molar-refractivity contribution in [2.75, 3.05) is 6.54 Å². The molecule has 1 N–H and O–H groups in total. The smallest absolute Gasteiger partial charge is 0.243 e. The van der Waals surface area contributed by atoms with Crippen LogP contribution in [-0.2, 0) is 11.3 Å². The number of hydrogen-bond acceptors (Lipinski definition) is 4. The van der Waals surface area contributed by atoms with E-state index in [9.17, 15) is 4.79 Å². The van der Waals surface area contributed by atoms with Crippen molar-refractivity contribution < 1.29 is 4.79 Å². The van der Waals surface area contributed by atoms with Crippen molar-refractivity contribution >= 4 is 5.91 Å². The van der Waals surface area contributed by atoms with Gasteiger partial charge in [-0.3, -0.25) is 4.79 Å². The minimum atomic E-state index is -0.0723. The molecular formula is C17H25N5O. The van der Waals surface area contributed by atoms with Gasteiger partial charge >= 0.3 is 0 Å². The van der Waals surface area contributed by atoms with Gasteiger partial charge in [-0.1, -0.05) is 63.4 Å². The van der Waals surface area contributed by atoms with E-state index < -0.39 is 0 Å². The van der Waals surface area contributed by atoms with Crippen LogP contribution in [0.5, 0.6) is 0 Å². The van der Waals surface area contributed by atoms with E-state index in [-0.39, 0.29) is 12.5 Å². The van der Waals surface area contributed by atoms with Crippen molar-refractivity contribution in [3.8, 4) is 11.4 Å². The summed E-state index contributed by atoms with van der Waals surface area (Å²) in [5.74, 6) is 1.01. The first-order chi connectivity index (χ1) is 11.2. The molecule has 0 saturated heterocycles. The van der Waals surface area contributed by atoms with Crippen molar-refractivity contribution in [1.82, 2.24) is 25.5 Å². The Kier molecular flexibility index (Phi) is 6.72. The van der Waals surface area contributed by atoms with Crippen molar-refractivity contribution in [2.45, 2.75) is 46.1 Å². The molecular weight excluding hydrogens is 290 g/mol. The van der Waals surface area contributed by atoms with Gasteiger partial charge in [0.25, 0.3) is 0 Å². The maximum Gasteiger partial charge on any atom is 0.243 e. The highest BCUT2D eigenvalue weighted by atomic mass is 16.2. The molecule has 1 heterocycles. The van der Waals surface area contributed by atoms with E-state index in [0.717, 1.165) is 24.9 Å². The third kappa shape index (κ3) is 5.47. The largest absolute Gasteiger partial charge is 0.354 e. The predicted octanol–water partition coefficient (Wildman–Crippen LogP) is 2.67. The number of tetrazole rings is 1. The van der Waals surface area contributed by atoms with Gasteiger partial charge in [-0.15, -0.1) is 10.2 Å². The second-order valence-electron chi connectivity index (χ2n) is 5.73. The predicted molar refractivity (Wildman–Crippen MR) is 89.6 cm³/mol. The Morgan fingerprint density at radius 3 is 2.74 bits per heavy atom. The number of rotatable bonds is 9. The van der Waals surface area contributed by atoms with Crippen molar-refractivity contribution in [1.29, 1.82) is 0 Å². The standard InChI is InChI=1S/C17H25N5O/c1-3-5-9-14(4-2)12-18-16(23)13-22-20-17(19-21-22)15-10-7-6-8-11-15/h6-8,10-11,14H,3-5,9,12-13H2,1-2H3,(H,18,23).